The van der Waals surface area contributed by atoms with E-state index in [2.05, 4.69) is 19.7 Å². The molecule has 1 atom stereocenters. The van der Waals surface area contributed by atoms with Gasteiger partial charge in [-0.3, -0.25) is 9.19 Å². The van der Waals surface area contributed by atoms with Crippen molar-refractivity contribution in [1.82, 2.24) is 15.0 Å². The molecule has 0 bridgehead atoms. The number of pyridine rings is 1. The summed E-state index contributed by atoms with van der Waals surface area (Å²) in [5, 5.41) is -0.0574. The van der Waals surface area contributed by atoms with Crippen LogP contribution in [0, 0.1) is 0 Å². The molecule has 138 valence electrons. The van der Waals surface area contributed by atoms with Crippen LogP contribution in [0.15, 0.2) is 35.6 Å². The van der Waals surface area contributed by atoms with Gasteiger partial charge >= 0.3 is 6.61 Å². The number of hydrogen-bond acceptors (Lipinski definition) is 6. The van der Waals surface area contributed by atoms with Crippen LogP contribution in [-0.2, 0) is 16.6 Å². The normalized spacial score (nSPS) is 16.7. The number of hydrogen-bond donors (Lipinski definition) is 1. The van der Waals surface area contributed by atoms with E-state index in [9.17, 15) is 13.0 Å². The van der Waals surface area contributed by atoms with Crippen molar-refractivity contribution in [3.05, 3.63) is 36.2 Å². The Morgan fingerprint density at radius 1 is 1.31 bits per heavy atom. The summed E-state index contributed by atoms with van der Waals surface area (Å²) in [5.41, 5.74) is 0.447. The number of imidazole rings is 1. The number of fused-ring (bicyclic) bond motifs is 1. The molecule has 2 aromatic heterocycles. The number of rotatable bonds is 7. The van der Waals surface area contributed by atoms with Gasteiger partial charge in [-0.05, 0) is 12.1 Å². The van der Waals surface area contributed by atoms with Crippen LogP contribution in [-0.4, -0.2) is 39.8 Å². The lowest BCUT2D eigenvalue weighted by Crippen LogP contribution is -2.04. The lowest BCUT2D eigenvalue weighted by molar-refractivity contribution is -0.0497. The molecule has 1 aromatic carbocycles. The zero-order chi connectivity index (χ0) is 23.7. The highest BCUT2D eigenvalue weighted by Gasteiger charge is 2.17. The highest BCUT2D eigenvalue weighted by Crippen LogP contribution is 2.30. The van der Waals surface area contributed by atoms with Gasteiger partial charge in [-0.25, -0.2) is 4.98 Å². The van der Waals surface area contributed by atoms with Crippen LogP contribution >= 0.6 is 0 Å². The van der Waals surface area contributed by atoms with Gasteiger partial charge in [0.25, 0.3) is 0 Å². The van der Waals surface area contributed by atoms with Gasteiger partial charge in [-0.2, -0.15) is 8.78 Å². The van der Waals surface area contributed by atoms with E-state index in [1.165, 1.54) is 18.2 Å². The molecule has 0 saturated heterocycles. The molecule has 0 amide bonds. The number of nitrogens with one attached hydrogen (secondary N) is 1. The van der Waals surface area contributed by atoms with Crippen LogP contribution < -0.4 is 14.2 Å². The second kappa shape index (κ2) is 7.65. The number of nitrogens with zero attached hydrogens (tertiary/aromatic N) is 2. The maximum atomic E-state index is 12.8. The Bertz CT molecular complexity index is 1140. The molecule has 0 fully saturated rings. The van der Waals surface area contributed by atoms with E-state index in [-0.39, 0.29) is 22.1 Å². The quantitative estimate of drug-likeness (QED) is 0.669. The van der Waals surface area contributed by atoms with Crippen LogP contribution in [0.2, 0.25) is 0 Å². The molecule has 0 saturated carbocycles. The molecule has 0 aliphatic rings. The molecule has 3 aromatic rings. The minimum atomic E-state index is -3.02. The minimum absolute atomic E-state index is 0.0574. The molecule has 26 heavy (non-hydrogen) atoms. The Hall–Kier alpha value is -2.75. The van der Waals surface area contributed by atoms with E-state index in [1.807, 2.05) is 0 Å². The topological polar surface area (TPSA) is 86.3 Å². The first-order valence-electron chi connectivity index (χ1n) is 9.99. The fourth-order valence-electron chi connectivity index (χ4n) is 2.21. The number of methoxy groups -OCH3 is 2. The lowest BCUT2D eigenvalue weighted by Gasteiger charge is -2.10. The molecule has 3 rings (SSSR count). The number of H-pyrrole nitrogens is 1. The van der Waals surface area contributed by atoms with Crippen molar-refractivity contribution in [3.63, 3.8) is 0 Å². The lowest BCUT2D eigenvalue weighted by atomic mass is 10.3. The Morgan fingerprint density at radius 3 is 2.92 bits per heavy atom. The molecule has 0 radical (unpaired) electrons. The molecule has 0 spiro atoms. The summed E-state index contributed by atoms with van der Waals surface area (Å²) in [7, 11) is -7.80. The standard InChI is InChI=1S/C16H15F2N3O4S/c1-23-13-5-6-19-12(14(13)24-2)8-26(22)16-20-10-4-3-9(25-15(17)18)7-11(10)21-16/h3-7,15H,8H2,1-2H3,(H,20,21)/t26-/m0/s1/i1D3,2D3. The molecule has 0 aliphatic carbocycles. The SMILES string of the molecule is [2H]C([2H])([2H])Oc1ccnc(C[S@](=O)c2nc3ccc(OC(F)F)cc3[nH]2)c1OC([2H])([2H])[2H]. The van der Waals surface area contributed by atoms with E-state index in [4.69, 9.17) is 17.7 Å². The molecule has 10 heteroatoms. The smallest absolute Gasteiger partial charge is 0.387 e. The van der Waals surface area contributed by atoms with Crippen LogP contribution in [0.5, 0.6) is 17.2 Å². The first-order chi connectivity index (χ1) is 14.8. The van der Waals surface area contributed by atoms with Gasteiger partial charge in [0.2, 0.25) is 0 Å². The van der Waals surface area contributed by atoms with E-state index in [0.717, 1.165) is 12.3 Å². The fourth-order valence-corrected chi connectivity index (χ4v) is 3.22. The number of alkyl halides is 2. The van der Waals surface area contributed by atoms with Crippen LogP contribution in [0.1, 0.15) is 13.9 Å². The number of halogens is 2. The predicted molar refractivity (Wildman–Crippen MR) is 90.2 cm³/mol. The van der Waals surface area contributed by atoms with Crippen molar-refractivity contribution in [2.24, 2.45) is 0 Å². The largest absolute Gasteiger partial charge is 0.493 e. The van der Waals surface area contributed by atoms with Gasteiger partial charge in [-0.1, -0.05) is 0 Å². The van der Waals surface area contributed by atoms with E-state index in [0.29, 0.717) is 5.52 Å². The van der Waals surface area contributed by atoms with Crippen molar-refractivity contribution < 1.29 is 35.4 Å². The third kappa shape index (κ3) is 3.74. The fraction of sp³-hybridized carbons (Fsp3) is 0.250. The van der Waals surface area contributed by atoms with E-state index < -0.39 is 48.7 Å². The van der Waals surface area contributed by atoms with Crippen LogP contribution in [0.4, 0.5) is 8.78 Å². The minimum Gasteiger partial charge on any atom is -0.493 e. The Kier molecular flexibility index (Phi) is 3.47. The summed E-state index contributed by atoms with van der Waals surface area (Å²) >= 11 is 0. The van der Waals surface area contributed by atoms with Crippen molar-refractivity contribution in [1.29, 1.82) is 0 Å². The molecule has 7 nitrogen and oxygen atoms in total. The Morgan fingerprint density at radius 2 is 2.15 bits per heavy atom. The summed E-state index contributed by atoms with van der Waals surface area (Å²) in [6, 6.07) is 5.00. The predicted octanol–water partition coefficient (Wildman–Crippen LogP) is 2.88. The van der Waals surface area contributed by atoms with Crippen molar-refractivity contribution in [2.45, 2.75) is 17.5 Å². The molecule has 1 N–H and O–H groups in total. The maximum absolute atomic E-state index is 12.8. The molecular formula is C16H15F2N3O4S. The van der Waals surface area contributed by atoms with Crippen molar-refractivity contribution >= 4 is 21.8 Å². The number of ether oxygens (including phenoxy) is 3. The maximum Gasteiger partial charge on any atom is 0.387 e. The van der Waals surface area contributed by atoms with Gasteiger partial charge in [-0.15, -0.1) is 0 Å². The molecular weight excluding hydrogens is 368 g/mol. The van der Waals surface area contributed by atoms with Crippen LogP contribution in [0.25, 0.3) is 11.0 Å². The summed E-state index contributed by atoms with van der Waals surface area (Å²) in [4.78, 5) is 10.8. The van der Waals surface area contributed by atoms with Gasteiger partial charge in [0.15, 0.2) is 16.7 Å². The van der Waals surface area contributed by atoms with E-state index in [1.54, 1.807) is 0 Å². The van der Waals surface area contributed by atoms with Gasteiger partial charge in [0, 0.05) is 18.3 Å². The molecule has 0 unspecified atom stereocenters. The average Bonchev–Trinajstić information content (AvgIpc) is 3.05. The van der Waals surface area contributed by atoms with Gasteiger partial charge in [0.05, 0.1) is 55.6 Å². The Labute approximate surface area is 158 Å². The van der Waals surface area contributed by atoms with Crippen molar-refractivity contribution in [2.75, 3.05) is 14.1 Å². The third-order valence-corrected chi connectivity index (χ3v) is 4.45. The van der Waals surface area contributed by atoms with Gasteiger partial charge < -0.3 is 19.2 Å². The highest BCUT2D eigenvalue weighted by atomic mass is 32.2. The summed E-state index contributed by atoms with van der Waals surface area (Å²) in [6.07, 6.45) is 1.15. The summed E-state index contributed by atoms with van der Waals surface area (Å²) in [6.45, 7) is -3.02. The van der Waals surface area contributed by atoms with Crippen molar-refractivity contribution in [3.8, 4) is 17.2 Å². The Balaban J connectivity index is 1.91. The first kappa shape index (κ1) is 11.8. The second-order valence-electron chi connectivity index (χ2n) is 4.88. The average molecular weight is 389 g/mol. The monoisotopic (exact) mass is 389 g/mol. The number of aromatic nitrogens is 3. The summed E-state index contributed by atoms with van der Waals surface area (Å²) in [5.74, 6) is -1.45. The summed E-state index contributed by atoms with van der Waals surface area (Å²) < 4.78 is 95.2. The zero-order valence-corrected chi connectivity index (χ0v) is 13.7. The van der Waals surface area contributed by atoms with Gasteiger partial charge in [0.1, 0.15) is 5.75 Å². The third-order valence-electron chi connectivity index (χ3n) is 3.29. The molecule has 0 aliphatic heterocycles. The number of aromatic amines is 1. The number of benzene rings is 1. The second-order valence-corrected chi connectivity index (χ2v) is 6.24. The zero-order valence-electron chi connectivity index (χ0n) is 18.9. The van der Waals surface area contributed by atoms with E-state index >= 15 is 0 Å². The highest BCUT2D eigenvalue weighted by molar-refractivity contribution is 7.84. The van der Waals surface area contributed by atoms with Crippen LogP contribution in [0.3, 0.4) is 0 Å². The first-order valence-corrected chi connectivity index (χ1v) is 8.31. The molecule has 2 heterocycles.